The Morgan fingerprint density at radius 3 is 2.60 bits per heavy atom. The molecular weight excluding hydrogens is 336 g/mol. The summed E-state index contributed by atoms with van der Waals surface area (Å²) in [6, 6.07) is 15.4. The van der Waals surface area contributed by atoms with Gasteiger partial charge in [0, 0.05) is 29.2 Å². The molecule has 3 aromatic rings. The molecule has 0 atom stereocenters. The predicted octanol–water partition coefficient (Wildman–Crippen LogP) is 4.29. The molecule has 0 aliphatic heterocycles. The zero-order chi connectivity index (χ0) is 17.0. The van der Waals surface area contributed by atoms with Gasteiger partial charge >= 0.3 is 0 Å². The third kappa shape index (κ3) is 4.91. The van der Waals surface area contributed by atoms with Crippen LogP contribution in [0.5, 0.6) is 11.5 Å². The summed E-state index contributed by atoms with van der Waals surface area (Å²) in [6.07, 6.45) is 3.01. The Kier molecular flexibility index (Phi) is 6.34. The van der Waals surface area contributed by atoms with Crippen molar-refractivity contribution in [2.45, 2.75) is 25.8 Å². The Morgan fingerprint density at radius 2 is 1.80 bits per heavy atom. The van der Waals surface area contributed by atoms with E-state index in [2.05, 4.69) is 48.5 Å². The van der Waals surface area contributed by atoms with Crippen LogP contribution in [0.1, 0.15) is 19.4 Å². The first-order chi connectivity index (χ1) is 11.6. The largest absolute Gasteiger partial charge is 0.504 e. The molecule has 0 amide bonds. The van der Waals surface area contributed by atoms with E-state index in [0.29, 0.717) is 18.9 Å². The van der Waals surface area contributed by atoms with Gasteiger partial charge in [0.1, 0.15) is 6.61 Å². The summed E-state index contributed by atoms with van der Waals surface area (Å²) < 4.78 is 5.62. The van der Waals surface area contributed by atoms with Gasteiger partial charge in [0.05, 0.1) is 0 Å². The van der Waals surface area contributed by atoms with Crippen LogP contribution >= 0.6 is 12.4 Å². The van der Waals surface area contributed by atoms with Gasteiger partial charge in [0.15, 0.2) is 11.5 Å². The molecule has 4 nitrogen and oxygen atoms in total. The zero-order valence-corrected chi connectivity index (χ0v) is 15.4. The summed E-state index contributed by atoms with van der Waals surface area (Å²) in [7, 11) is 0. The Bertz CT molecular complexity index is 814. The van der Waals surface area contributed by atoms with Crippen molar-refractivity contribution in [3.05, 3.63) is 60.3 Å². The number of phenols is 1. The minimum absolute atomic E-state index is 0. The smallest absolute Gasteiger partial charge is 0.160 e. The second kappa shape index (κ2) is 8.28. The normalized spacial score (nSPS) is 11.3. The monoisotopic (exact) mass is 360 g/mol. The predicted molar refractivity (Wildman–Crippen MR) is 105 cm³/mol. The van der Waals surface area contributed by atoms with E-state index in [1.165, 1.54) is 16.5 Å². The minimum atomic E-state index is -0.0486. The van der Waals surface area contributed by atoms with Crippen LogP contribution in [0.25, 0.3) is 10.9 Å². The van der Waals surface area contributed by atoms with Crippen molar-refractivity contribution in [1.29, 1.82) is 0 Å². The number of para-hydroxylation sites is 3. The summed E-state index contributed by atoms with van der Waals surface area (Å²) >= 11 is 0. The van der Waals surface area contributed by atoms with Crippen LogP contribution in [-0.4, -0.2) is 28.8 Å². The van der Waals surface area contributed by atoms with Gasteiger partial charge in [-0.2, -0.15) is 0 Å². The maximum atomic E-state index is 9.69. The number of ether oxygens (including phenoxy) is 1. The molecule has 5 heteroatoms. The van der Waals surface area contributed by atoms with Crippen LogP contribution < -0.4 is 10.1 Å². The van der Waals surface area contributed by atoms with E-state index in [1.807, 2.05) is 12.1 Å². The van der Waals surface area contributed by atoms with E-state index in [1.54, 1.807) is 18.2 Å². The van der Waals surface area contributed by atoms with Gasteiger partial charge in [-0.25, -0.2) is 0 Å². The third-order valence-electron chi connectivity index (χ3n) is 4.14. The van der Waals surface area contributed by atoms with Gasteiger partial charge in [-0.3, -0.25) is 0 Å². The molecule has 0 radical (unpaired) electrons. The number of hydrogen-bond acceptors (Lipinski definition) is 3. The van der Waals surface area contributed by atoms with Gasteiger partial charge in [-0.05, 0) is 44.0 Å². The maximum Gasteiger partial charge on any atom is 0.160 e. The first kappa shape index (κ1) is 19.2. The molecule has 1 heterocycles. The number of nitrogens with one attached hydrogen (secondary N) is 2. The summed E-state index contributed by atoms with van der Waals surface area (Å²) in [4.78, 5) is 3.33. The number of aromatic nitrogens is 1. The lowest BCUT2D eigenvalue weighted by Crippen LogP contribution is -2.43. The fourth-order valence-electron chi connectivity index (χ4n) is 2.95. The highest BCUT2D eigenvalue weighted by atomic mass is 35.5. The van der Waals surface area contributed by atoms with Crippen LogP contribution in [0.2, 0.25) is 0 Å². The lowest BCUT2D eigenvalue weighted by molar-refractivity contribution is 0.273. The highest BCUT2D eigenvalue weighted by molar-refractivity contribution is 5.85. The summed E-state index contributed by atoms with van der Waals surface area (Å²) in [5, 5.41) is 14.5. The van der Waals surface area contributed by atoms with Crippen LogP contribution in [0.15, 0.2) is 54.7 Å². The molecule has 2 aromatic carbocycles. The van der Waals surface area contributed by atoms with Crippen molar-refractivity contribution in [3.8, 4) is 11.5 Å². The second-order valence-electron chi connectivity index (χ2n) is 6.66. The molecule has 0 saturated heterocycles. The Balaban J connectivity index is 0.00000225. The van der Waals surface area contributed by atoms with Crippen molar-refractivity contribution >= 4 is 23.3 Å². The summed E-state index contributed by atoms with van der Waals surface area (Å²) in [5.41, 5.74) is 2.43. The van der Waals surface area contributed by atoms with Crippen LogP contribution in [0.3, 0.4) is 0 Å². The van der Waals surface area contributed by atoms with Crippen molar-refractivity contribution in [1.82, 2.24) is 10.3 Å². The fourth-order valence-corrected chi connectivity index (χ4v) is 2.95. The van der Waals surface area contributed by atoms with E-state index in [0.717, 1.165) is 6.42 Å². The molecule has 3 rings (SSSR count). The lowest BCUT2D eigenvalue weighted by atomic mass is 9.94. The quantitative estimate of drug-likeness (QED) is 0.551. The number of rotatable bonds is 7. The van der Waals surface area contributed by atoms with E-state index < -0.39 is 0 Å². The molecule has 1 aromatic heterocycles. The van der Waals surface area contributed by atoms with Crippen LogP contribution in [-0.2, 0) is 6.42 Å². The first-order valence-electron chi connectivity index (χ1n) is 8.26. The SMILES string of the molecule is CC(C)(Cc1c[nH]c2ccccc12)NCCOc1ccccc1O.Cl. The molecule has 0 aliphatic carbocycles. The van der Waals surface area contributed by atoms with Crippen molar-refractivity contribution in [3.63, 3.8) is 0 Å². The number of phenolic OH excluding ortho intramolecular Hbond substituents is 1. The third-order valence-corrected chi connectivity index (χ3v) is 4.14. The van der Waals surface area contributed by atoms with Crippen LogP contribution in [0, 0.1) is 0 Å². The topological polar surface area (TPSA) is 57.3 Å². The molecule has 0 saturated carbocycles. The van der Waals surface area contributed by atoms with E-state index >= 15 is 0 Å². The van der Waals surface area contributed by atoms with Gasteiger partial charge < -0.3 is 20.1 Å². The number of aromatic amines is 1. The average Bonchev–Trinajstić information content (AvgIpc) is 2.96. The Hall–Kier alpha value is -2.17. The molecule has 0 unspecified atom stereocenters. The Morgan fingerprint density at radius 1 is 1.08 bits per heavy atom. The maximum absolute atomic E-state index is 9.69. The lowest BCUT2D eigenvalue weighted by Gasteiger charge is -2.26. The minimum Gasteiger partial charge on any atom is -0.504 e. The number of halogens is 1. The van der Waals surface area contributed by atoms with Gasteiger partial charge in [0.25, 0.3) is 0 Å². The zero-order valence-electron chi connectivity index (χ0n) is 14.6. The molecular formula is C20H25ClN2O2. The highest BCUT2D eigenvalue weighted by Gasteiger charge is 2.19. The molecule has 0 spiro atoms. The molecule has 3 N–H and O–H groups in total. The van der Waals surface area contributed by atoms with Gasteiger partial charge in [-0.1, -0.05) is 30.3 Å². The number of hydrogen-bond donors (Lipinski definition) is 3. The summed E-state index contributed by atoms with van der Waals surface area (Å²) in [5.74, 6) is 0.698. The van der Waals surface area contributed by atoms with Crippen LogP contribution in [0.4, 0.5) is 0 Å². The van der Waals surface area contributed by atoms with E-state index in [-0.39, 0.29) is 23.7 Å². The number of fused-ring (bicyclic) bond motifs is 1. The molecule has 0 aliphatic rings. The standard InChI is InChI=1S/C20H24N2O2.ClH/c1-20(2,13-15-14-21-17-8-4-3-7-16(15)17)22-11-12-24-19-10-6-5-9-18(19)23;/h3-10,14,21-23H,11-13H2,1-2H3;1H. The second-order valence-corrected chi connectivity index (χ2v) is 6.66. The average molecular weight is 361 g/mol. The molecule has 134 valence electrons. The number of aromatic hydroxyl groups is 1. The summed E-state index contributed by atoms with van der Waals surface area (Å²) in [6.45, 7) is 5.60. The fraction of sp³-hybridized carbons (Fsp3) is 0.300. The molecule has 0 fully saturated rings. The number of H-pyrrole nitrogens is 1. The molecule has 25 heavy (non-hydrogen) atoms. The van der Waals surface area contributed by atoms with Crippen molar-refractivity contribution < 1.29 is 9.84 Å². The van der Waals surface area contributed by atoms with E-state index in [4.69, 9.17) is 4.74 Å². The van der Waals surface area contributed by atoms with Gasteiger partial charge in [-0.15, -0.1) is 12.4 Å². The Labute approximate surface area is 154 Å². The van der Waals surface area contributed by atoms with E-state index in [9.17, 15) is 5.11 Å². The molecule has 0 bridgehead atoms. The first-order valence-corrected chi connectivity index (χ1v) is 8.26. The van der Waals surface area contributed by atoms with Crippen molar-refractivity contribution in [2.24, 2.45) is 0 Å². The van der Waals surface area contributed by atoms with Gasteiger partial charge in [0.2, 0.25) is 0 Å². The highest BCUT2D eigenvalue weighted by Crippen LogP contribution is 2.24. The van der Waals surface area contributed by atoms with Crippen molar-refractivity contribution in [2.75, 3.05) is 13.2 Å². The number of benzene rings is 2.